The van der Waals surface area contributed by atoms with Crippen LogP contribution in [0.2, 0.25) is 0 Å². The summed E-state index contributed by atoms with van der Waals surface area (Å²) in [6.07, 6.45) is 1.44. The van der Waals surface area contributed by atoms with E-state index in [0.717, 1.165) is 12.8 Å². The first-order chi connectivity index (χ1) is 7.61. The number of carboxylic acid groups (broad SMARTS) is 1. The smallest absolute Gasteiger partial charge is 0.335 e. The zero-order chi connectivity index (χ0) is 12.4. The Bertz CT molecular complexity index is 293. The molecule has 1 aromatic carbocycles. The Balaban J connectivity index is 0.000000325. The molecular weight excluding hydrogens is 210 g/mol. The molecule has 0 unspecified atom stereocenters. The Morgan fingerprint density at radius 1 is 1.06 bits per heavy atom. The van der Waals surface area contributed by atoms with Crippen LogP contribution in [0.15, 0.2) is 24.3 Å². The van der Waals surface area contributed by atoms with Crippen LogP contribution in [0.5, 0.6) is 0 Å². The van der Waals surface area contributed by atoms with Gasteiger partial charge in [-0.3, -0.25) is 0 Å². The summed E-state index contributed by atoms with van der Waals surface area (Å²) in [5.41, 5.74) is 6.17. The SMILES string of the molecule is Nc1ccc(C(=O)O)cc1.OCCCCO. The molecule has 1 aromatic rings. The third-order valence-electron chi connectivity index (χ3n) is 1.72. The van der Waals surface area contributed by atoms with Gasteiger partial charge >= 0.3 is 5.97 Å². The monoisotopic (exact) mass is 227 g/mol. The maximum absolute atomic E-state index is 10.3. The highest BCUT2D eigenvalue weighted by Crippen LogP contribution is 2.04. The summed E-state index contributed by atoms with van der Waals surface area (Å²) in [5, 5.41) is 24.6. The number of hydrogen-bond donors (Lipinski definition) is 4. The molecule has 0 radical (unpaired) electrons. The van der Waals surface area contributed by atoms with Gasteiger partial charge in [0.05, 0.1) is 5.56 Å². The number of anilines is 1. The number of carbonyl (C=O) groups is 1. The second-order valence-corrected chi connectivity index (χ2v) is 3.08. The van der Waals surface area contributed by atoms with Crippen LogP contribution >= 0.6 is 0 Å². The molecule has 0 aliphatic heterocycles. The van der Waals surface area contributed by atoms with Crippen molar-refractivity contribution < 1.29 is 20.1 Å². The predicted octanol–water partition coefficient (Wildman–Crippen LogP) is 0.718. The molecule has 5 N–H and O–H groups in total. The predicted molar refractivity (Wildman–Crippen MR) is 61.2 cm³/mol. The van der Waals surface area contributed by atoms with Gasteiger partial charge in [0.15, 0.2) is 0 Å². The zero-order valence-electron chi connectivity index (χ0n) is 8.97. The molecule has 90 valence electrons. The number of carboxylic acids is 1. The molecule has 0 saturated carbocycles. The highest BCUT2D eigenvalue weighted by Gasteiger charge is 1.98. The van der Waals surface area contributed by atoms with Gasteiger partial charge in [-0.2, -0.15) is 0 Å². The first kappa shape index (κ1) is 14.4. The van der Waals surface area contributed by atoms with Gasteiger partial charge in [-0.25, -0.2) is 4.79 Å². The van der Waals surface area contributed by atoms with Gasteiger partial charge in [0.1, 0.15) is 0 Å². The first-order valence-corrected chi connectivity index (χ1v) is 4.92. The van der Waals surface area contributed by atoms with Crippen molar-refractivity contribution in [1.82, 2.24) is 0 Å². The largest absolute Gasteiger partial charge is 0.478 e. The van der Waals surface area contributed by atoms with Crippen molar-refractivity contribution in [2.45, 2.75) is 12.8 Å². The van der Waals surface area contributed by atoms with Crippen molar-refractivity contribution in [2.75, 3.05) is 18.9 Å². The second kappa shape index (κ2) is 8.70. The molecule has 0 bridgehead atoms. The van der Waals surface area contributed by atoms with Crippen molar-refractivity contribution in [3.8, 4) is 0 Å². The molecule has 1 rings (SSSR count). The van der Waals surface area contributed by atoms with E-state index < -0.39 is 5.97 Å². The minimum Gasteiger partial charge on any atom is -0.478 e. The average molecular weight is 227 g/mol. The lowest BCUT2D eigenvalue weighted by Crippen LogP contribution is -1.95. The molecule has 0 fully saturated rings. The van der Waals surface area contributed by atoms with Crippen LogP contribution in [-0.2, 0) is 0 Å². The fourth-order valence-corrected chi connectivity index (χ4v) is 0.849. The summed E-state index contributed by atoms with van der Waals surface area (Å²) in [6, 6.07) is 6.06. The number of benzene rings is 1. The molecule has 0 aromatic heterocycles. The highest BCUT2D eigenvalue weighted by atomic mass is 16.4. The zero-order valence-corrected chi connectivity index (χ0v) is 8.97. The molecule has 0 aliphatic carbocycles. The standard InChI is InChI=1S/C7H7NO2.C4H10O2/c8-6-3-1-5(2-4-6)7(9)10;5-3-1-2-4-6/h1-4H,8H2,(H,9,10);5-6H,1-4H2. The van der Waals surface area contributed by atoms with Crippen molar-refractivity contribution in [1.29, 1.82) is 0 Å². The average Bonchev–Trinajstić information content (AvgIpc) is 2.28. The number of aliphatic hydroxyl groups excluding tert-OH is 2. The van der Waals surface area contributed by atoms with E-state index in [2.05, 4.69) is 0 Å². The lowest BCUT2D eigenvalue weighted by atomic mass is 10.2. The topological polar surface area (TPSA) is 104 Å². The minimum atomic E-state index is -0.931. The van der Waals surface area contributed by atoms with Crippen molar-refractivity contribution in [3.05, 3.63) is 29.8 Å². The second-order valence-electron chi connectivity index (χ2n) is 3.08. The minimum absolute atomic E-state index is 0.195. The summed E-state index contributed by atoms with van der Waals surface area (Å²) >= 11 is 0. The van der Waals surface area contributed by atoms with Crippen LogP contribution in [0.3, 0.4) is 0 Å². The quantitative estimate of drug-likeness (QED) is 0.448. The van der Waals surface area contributed by atoms with Gasteiger partial charge in [0.25, 0.3) is 0 Å². The number of aliphatic hydroxyl groups is 2. The number of aromatic carboxylic acids is 1. The van der Waals surface area contributed by atoms with Crippen LogP contribution in [0.4, 0.5) is 5.69 Å². The normalized spacial score (nSPS) is 9.12. The number of unbranched alkanes of at least 4 members (excludes halogenated alkanes) is 1. The van der Waals surface area contributed by atoms with Crippen LogP contribution in [-0.4, -0.2) is 34.5 Å². The van der Waals surface area contributed by atoms with Crippen LogP contribution in [0, 0.1) is 0 Å². The first-order valence-electron chi connectivity index (χ1n) is 4.92. The molecule has 5 heteroatoms. The number of rotatable bonds is 4. The molecular formula is C11H17NO4. The Kier molecular flexibility index (Phi) is 7.83. The summed E-state index contributed by atoms with van der Waals surface area (Å²) < 4.78 is 0. The van der Waals surface area contributed by atoms with Crippen molar-refractivity contribution in [2.24, 2.45) is 0 Å². The molecule has 0 amide bonds. The molecule has 0 heterocycles. The molecule has 5 nitrogen and oxygen atoms in total. The van der Waals surface area contributed by atoms with Crippen molar-refractivity contribution in [3.63, 3.8) is 0 Å². The molecule has 0 saturated heterocycles. The van der Waals surface area contributed by atoms with Gasteiger partial charge in [-0.05, 0) is 37.1 Å². The lowest BCUT2D eigenvalue weighted by molar-refractivity contribution is 0.0697. The Labute approximate surface area is 94.1 Å². The number of nitrogens with two attached hydrogens (primary N) is 1. The van der Waals surface area contributed by atoms with Gasteiger partial charge in [0, 0.05) is 18.9 Å². The summed E-state index contributed by atoms with van der Waals surface area (Å²) in [6.45, 7) is 0.390. The Hall–Kier alpha value is -1.59. The molecule has 0 atom stereocenters. The lowest BCUT2D eigenvalue weighted by Gasteiger charge is -1.93. The van der Waals surface area contributed by atoms with E-state index in [4.69, 9.17) is 21.1 Å². The van der Waals surface area contributed by atoms with Crippen molar-refractivity contribution >= 4 is 11.7 Å². The van der Waals surface area contributed by atoms with Gasteiger partial charge in [0.2, 0.25) is 0 Å². The van der Waals surface area contributed by atoms with Gasteiger partial charge in [-0.15, -0.1) is 0 Å². The van der Waals surface area contributed by atoms with Crippen LogP contribution in [0.25, 0.3) is 0 Å². The fourth-order valence-electron chi connectivity index (χ4n) is 0.849. The maximum Gasteiger partial charge on any atom is 0.335 e. The van der Waals surface area contributed by atoms with E-state index in [0.29, 0.717) is 5.69 Å². The van der Waals surface area contributed by atoms with E-state index in [-0.39, 0.29) is 18.8 Å². The van der Waals surface area contributed by atoms with E-state index >= 15 is 0 Å². The molecule has 0 spiro atoms. The summed E-state index contributed by atoms with van der Waals surface area (Å²) in [4.78, 5) is 10.3. The number of hydrogen-bond acceptors (Lipinski definition) is 4. The van der Waals surface area contributed by atoms with Gasteiger partial charge < -0.3 is 21.1 Å². The van der Waals surface area contributed by atoms with Crippen LogP contribution in [0.1, 0.15) is 23.2 Å². The maximum atomic E-state index is 10.3. The fraction of sp³-hybridized carbons (Fsp3) is 0.364. The van der Waals surface area contributed by atoms with E-state index in [9.17, 15) is 4.79 Å². The van der Waals surface area contributed by atoms with Gasteiger partial charge in [-0.1, -0.05) is 0 Å². The Morgan fingerprint density at radius 3 is 1.81 bits per heavy atom. The number of nitrogen functional groups attached to an aromatic ring is 1. The van der Waals surface area contributed by atoms with E-state index in [1.54, 1.807) is 12.1 Å². The molecule has 0 aliphatic rings. The Morgan fingerprint density at radius 2 is 1.50 bits per heavy atom. The summed E-state index contributed by atoms with van der Waals surface area (Å²) in [5.74, 6) is -0.931. The summed E-state index contributed by atoms with van der Waals surface area (Å²) in [7, 11) is 0. The third-order valence-corrected chi connectivity index (χ3v) is 1.72. The highest BCUT2D eigenvalue weighted by molar-refractivity contribution is 5.87. The van der Waals surface area contributed by atoms with Crippen LogP contribution < -0.4 is 5.73 Å². The third kappa shape index (κ3) is 6.80. The molecule has 16 heavy (non-hydrogen) atoms. The van der Waals surface area contributed by atoms with E-state index in [1.807, 2.05) is 0 Å². The van der Waals surface area contributed by atoms with E-state index in [1.165, 1.54) is 12.1 Å².